The van der Waals surface area contributed by atoms with Gasteiger partial charge in [0.25, 0.3) is 0 Å². The molecule has 110 valence electrons. The average Bonchev–Trinajstić information content (AvgIpc) is 2.66. The van der Waals surface area contributed by atoms with Crippen LogP contribution in [0.2, 0.25) is 0 Å². The van der Waals surface area contributed by atoms with Gasteiger partial charge < -0.3 is 0 Å². The van der Waals surface area contributed by atoms with E-state index < -0.39 is 10.0 Å². The molecule has 0 radical (unpaired) electrons. The first kappa shape index (κ1) is 15.3. The van der Waals surface area contributed by atoms with Crippen LogP contribution in [0.25, 0.3) is 0 Å². The first-order valence-corrected chi connectivity index (χ1v) is 9.98. The van der Waals surface area contributed by atoms with E-state index in [4.69, 9.17) is 11.6 Å². The summed E-state index contributed by atoms with van der Waals surface area (Å²) in [6.07, 6.45) is 3.34. The maximum absolute atomic E-state index is 13.0. The van der Waals surface area contributed by atoms with E-state index in [0.29, 0.717) is 9.37 Å². The van der Waals surface area contributed by atoms with E-state index in [2.05, 4.69) is 31.9 Å². The highest BCUT2D eigenvalue weighted by Gasteiger charge is 2.47. The van der Waals surface area contributed by atoms with Crippen molar-refractivity contribution >= 4 is 53.5 Å². The van der Waals surface area contributed by atoms with Gasteiger partial charge in [0.1, 0.15) is 0 Å². The molecule has 2 saturated heterocycles. The lowest BCUT2D eigenvalue weighted by atomic mass is 10.1. The van der Waals surface area contributed by atoms with Crippen LogP contribution >= 0.6 is 43.5 Å². The summed E-state index contributed by atoms with van der Waals surface area (Å²) in [7, 11) is -3.48. The minimum absolute atomic E-state index is 0.0483. The first-order chi connectivity index (χ1) is 9.39. The number of hydrogen-bond acceptors (Lipinski definition) is 2. The molecule has 2 fully saturated rings. The molecule has 1 aromatic carbocycles. The van der Waals surface area contributed by atoms with Gasteiger partial charge in [0.05, 0.1) is 4.90 Å². The number of hydrogen-bond donors (Lipinski definition) is 0. The quantitative estimate of drug-likeness (QED) is 0.645. The summed E-state index contributed by atoms with van der Waals surface area (Å²) < 4.78 is 29.0. The SMILES string of the molecule is O=S(=O)(c1cc(Br)ccc1Br)N1C2CCC1CC(Cl)C2. The monoisotopic (exact) mass is 441 g/mol. The fraction of sp³-hybridized carbons (Fsp3) is 0.538. The predicted molar refractivity (Wildman–Crippen MR) is 86.6 cm³/mol. The van der Waals surface area contributed by atoms with Gasteiger partial charge in [-0.15, -0.1) is 11.6 Å². The number of alkyl halides is 1. The van der Waals surface area contributed by atoms with Crippen molar-refractivity contribution in [1.82, 2.24) is 4.31 Å². The minimum atomic E-state index is -3.48. The van der Waals surface area contributed by atoms with E-state index in [1.807, 2.05) is 6.07 Å². The molecule has 2 bridgehead atoms. The molecule has 2 aliphatic rings. The van der Waals surface area contributed by atoms with Crippen molar-refractivity contribution in [2.24, 2.45) is 0 Å². The van der Waals surface area contributed by atoms with E-state index in [1.165, 1.54) is 0 Å². The summed E-state index contributed by atoms with van der Waals surface area (Å²) in [5, 5.41) is 0.102. The number of nitrogens with zero attached hydrogens (tertiary/aromatic N) is 1. The Balaban J connectivity index is 2.03. The van der Waals surface area contributed by atoms with Gasteiger partial charge in [-0.1, -0.05) is 15.9 Å². The number of fused-ring (bicyclic) bond motifs is 2. The van der Waals surface area contributed by atoms with Crippen LogP contribution in [0.3, 0.4) is 0 Å². The Morgan fingerprint density at radius 1 is 1.15 bits per heavy atom. The third-order valence-corrected chi connectivity index (χ3v) is 7.91. The molecule has 0 N–H and O–H groups in total. The fourth-order valence-corrected chi connectivity index (χ4v) is 7.02. The van der Waals surface area contributed by atoms with Crippen LogP contribution in [-0.4, -0.2) is 30.2 Å². The van der Waals surface area contributed by atoms with Gasteiger partial charge in [0.15, 0.2) is 0 Å². The molecule has 0 saturated carbocycles. The van der Waals surface area contributed by atoms with Crippen molar-refractivity contribution in [2.75, 3.05) is 0 Å². The Morgan fingerprint density at radius 2 is 1.75 bits per heavy atom. The maximum Gasteiger partial charge on any atom is 0.244 e. The second kappa shape index (κ2) is 5.54. The zero-order valence-electron chi connectivity index (χ0n) is 10.6. The topological polar surface area (TPSA) is 37.4 Å². The standard InChI is InChI=1S/C13H14Br2ClNO2S/c14-8-1-4-12(15)13(5-8)20(18,19)17-10-2-3-11(17)7-9(16)6-10/h1,4-5,9-11H,2-3,6-7H2. The lowest BCUT2D eigenvalue weighted by molar-refractivity contribution is 0.251. The van der Waals surface area contributed by atoms with Crippen molar-refractivity contribution in [3.8, 4) is 0 Å². The molecule has 7 heteroatoms. The van der Waals surface area contributed by atoms with Gasteiger partial charge in [0, 0.05) is 26.4 Å². The van der Waals surface area contributed by atoms with Crippen LogP contribution < -0.4 is 0 Å². The van der Waals surface area contributed by atoms with Gasteiger partial charge in [-0.05, 0) is 59.8 Å². The van der Waals surface area contributed by atoms with Crippen molar-refractivity contribution in [1.29, 1.82) is 0 Å². The number of halogens is 3. The van der Waals surface area contributed by atoms with Crippen LogP contribution in [0, 0.1) is 0 Å². The highest BCUT2D eigenvalue weighted by molar-refractivity contribution is 9.11. The van der Waals surface area contributed by atoms with E-state index in [0.717, 1.165) is 30.2 Å². The molecule has 3 nitrogen and oxygen atoms in total. The normalized spacial score (nSPS) is 30.6. The number of benzene rings is 1. The van der Waals surface area contributed by atoms with E-state index in [1.54, 1.807) is 16.4 Å². The van der Waals surface area contributed by atoms with Gasteiger partial charge in [-0.25, -0.2) is 8.42 Å². The zero-order valence-corrected chi connectivity index (χ0v) is 15.3. The van der Waals surface area contributed by atoms with Crippen LogP contribution in [0.1, 0.15) is 25.7 Å². The van der Waals surface area contributed by atoms with Crippen molar-refractivity contribution < 1.29 is 8.42 Å². The van der Waals surface area contributed by atoms with Crippen LogP contribution in [0.5, 0.6) is 0 Å². The van der Waals surface area contributed by atoms with Gasteiger partial charge >= 0.3 is 0 Å². The molecule has 0 aromatic heterocycles. The van der Waals surface area contributed by atoms with E-state index >= 15 is 0 Å². The van der Waals surface area contributed by atoms with Crippen LogP contribution in [0.15, 0.2) is 32.0 Å². The number of sulfonamides is 1. The molecular formula is C13H14Br2ClNO2S. The van der Waals surface area contributed by atoms with E-state index in [9.17, 15) is 8.42 Å². The Kier molecular flexibility index (Phi) is 4.23. The Morgan fingerprint density at radius 3 is 2.35 bits per heavy atom. The number of rotatable bonds is 2. The van der Waals surface area contributed by atoms with Crippen LogP contribution in [-0.2, 0) is 10.0 Å². The summed E-state index contributed by atoms with van der Waals surface area (Å²) in [5.41, 5.74) is 0. The maximum atomic E-state index is 13.0. The van der Waals surface area contributed by atoms with Gasteiger partial charge in [-0.3, -0.25) is 0 Å². The Labute approximate surface area is 141 Å². The van der Waals surface area contributed by atoms with Crippen molar-refractivity contribution in [3.05, 3.63) is 27.1 Å². The van der Waals surface area contributed by atoms with Gasteiger partial charge in [0.2, 0.25) is 10.0 Å². The zero-order chi connectivity index (χ0) is 14.5. The first-order valence-electron chi connectivity index (χ1n) is 6.52. The highest BCUT2D eigenvalue weighted by atomic mass is 79.9. The largest absolute Gasteiger partial charge is 0.244 e. The second-order valence-electron chi connectivity index (χ2n) is 5.36. The molecule has 2 unspecified atom stereocenters. The molecule has 1 aromatic rings. The average molecular weight is 444 g/mol. The summed E-state index contributed by atoms with van der Waals surface area (Å²) >= 11 is 12.9. The lowest BCUT2D eigenvalue weighted by Crippen LogP contribution is -2.46. The molecule has 2 aliphatic heterocycles. The smallest absolute Gasteiger partial charge is 0.207 e. The minimum Gasteiger partial charge on any atom is -0.207 e. The van der Waals surface area contributed by atoms with Crippen LogP contribution in [0.4, 0.5) is 0 Å². The van der Waals surface area contributed by atoms with E-state index in [-0.39, 0.29) is 17.5 Å². The van der Waals surface area contributed by atoms with Gasteiger partial charge in [-0.2, -0.15) is 4.31 Å². The summed E-state index contributed by atoms with van der Waals surface area (Å²) in [6.45, 7) is 0. The number of piperidine rings is 1. The molecule has 2 atom stereocenters. The molecule has 3 rings (SSSR count). The lowest BCUT2D eigenvalue weighted by Gasteiger charge is -2.36. The molecule has 0 aliphatic carbocycles. The second-order valence-corrected chi connectivity index (χ2v) is 9.56. The molecule has 2 heterocycles. The third-order valence-electron chi connectivity index (χ3n) is 4.06. The Hall–Kier alpha value is 0.380. The molecular weight excluding hydrogens is 429 g/mol. The molecule has 0 spiro atoms. The Bertz CT molecular complexity index is 623. The molecule has 0 amide bonds. The molecule has 20 heavy (non-hydrogen) atoms. The summed E-state index contributed by atoms with van der Waals surface area (Å²) in [5.74, 6) is 0. The summed E-state index contributed by atoms with van der Waals surface area (Å²) in [4.78, 5) is 0.330. The van der Waals surface area contributed by atoms with Crippen molar-refractivity contribution in [2.45, 2.75) is 48.0 Å². The third kappa shape index (κ3) is 2.58. The fourth-order valence-electron chi connectivity index (χ4n) is 3.25. The predicted octanol–water partition coefficient (Wildman–Crippen LogP) is 4.13. The summed E-state index contributed by atoms with van der Waals surface area (Å²) in [6, 6.07) is 5.33. The highest BCUT2D eigenvalue weighted by Crippen LogP contribution is 2.42. The van der Waals surface area contributed by atoms with Crippen molar-refractivity contribution in [3.63, 3.8) is 0 Å².